The predicted octanol–water partition coefficient (Wildman–Crippen LogP) is 4.12. The lowest BCUT2D eigenvalue weighted by Crippen LogP contribution is -2.48. The Morgan fingerprint density at radius 1 is 0.839 bits per heavy atom. The molecule has 3 aromatic heterocycles. The van der Waals surface area contributed by atoms with Gasteiger partial charge in [0.25, 0.3) is 0 Å². The van der Waals surface area contributed by atoms with E-state index in [1.807, 2.05) is 31.2 Å². The first-order chi connectivity index (χ1) is 15.0. The van der Waals surface area contributed by atoms with Crippen molar-refractivity contribution in [3.05, 3.63) is 54.5 Å². The molecule has 3 saturated carbocycles. The smallest absolute Gasteiger partial charge is 0.125 e. The molecule has 156 valence electrons. The molecule has 31 heavy (non-hydrogen) atoms. The first-order valence-corrected chi connectivity index (χ1v) is 10.9. The van der Waals surface area contributed by atoms with Gasteiger partial charge in [0.1, 0.15) is 11.6 Å². The standard InChI is InChI=1S/C24H24N6O/c1-15-25-11-4-18(28-15)21-20(16-2-3-17-19(14-16)27-13-12-26-17)29-22(30-21)23-5-8-24(31,9-6-23)10-7-23/h2-4,11-14,31H,5-10H2,1H3,(H,29,30). The quantitative estimate of drug-likeness (QED) is 0.525. The largest absolute Gasteiger partial charge is 0.390 e. The van der Waals surface area contributed by atoms with Crippen LogP contribution in [0.15, 0.2) is 42.9 Å². The van der Waals surface area contributed by atoms with E-state index in [-0.39, 0.29) is 5.41 Å². The summed E-state index contributed by atoms with van der Waals surface area (Å²) in [4.78, 5) is 26.6. The molecule has 4 aromatic rings. The summed E-state index contributed by atoms with van der Waals surface area (Å²) in [5.41, 5.74) is 4.83. The van der Waals surface area contributed by atoms with E-state index in [0.29, 0.717) is 0 Å². The third-order valence-corrected chi connectivity index (χ3v) is 7.19. The van der Waals surface area contributed by atoms with Crippen molar-refractivity contribution >= 4 is 11.0 Å². The molecular weight excluding hydrogens is 388 g/mol. The minimum Gasteiger partial charge on any atom is -0.390 e. The van der Waals surface area contributed by atoms with Gasteiger partial charge in [-0.1, -0.05) is 6.07 Å². The fourth-order valence-electron chi connectivity index (χ4n) is 5.25. The molecule has 3 fully saturated rings. The van der Waals surface area contributed by atoms with Crippen LogP contribution in [-0.4, -0.2) is 40.6 Å². The maximum absolute atomic E-state index is 10.7. The van der Waals surface area contributed by atoms with Gasteiger partial charge in [-0.05, 0) is 63.6 Å². The molecule has 0 unspecified atom stereocenters. The molecule has 0 atom stereocenters. The van der Waals surface area contributed by atoms with Gasteiger partial charge in [0.05, 0.1) is 33.7 Å². The van der Waals surface area contributed by atoms with Gasteiger partial charge >= 0.3 is 0 Å². The molecule has 0 saturated heterocycles. The number of hydrogen-bond donors (Lipinski definition) is 2. The van der Waals surface area contributed by atoms with E-state index in [4.69, 9.17) is 4.98 Å². The Bertz CT molecular complexity index is 1270. The second-order valence-electron chi connectivity index (χ2n) is 9.06. The first kappa shape index (κ1) is 18.6. The van der Waals surface area contributed by atoms with Crippen LogP contribution >= 0.6 is 0 Å². The van der Waals surface area contributed by atoms with Crippen molar-refractivity contribution in [2.75, 3.05) is 0 Å². The monoisotopic (exact) mass is 412 g/mol. The topological polar surface area (TPSA) is 100 Å². The molecular formula is C24H24N6O. The lowest BCUT2D eigenvalue weighted by atomic mass is 9.58. The molecule has 2 N–H and O–H groups in total. The third kappa shape index (κ3) is 3.03. The van der Waals surface area contributed by atoms with Gasteiger partial charge in [0.2, 0.25) is 0 Å². The maximum Gasteiger partial charge on any atom is 0.125 e. The number of fused-ring (bicyclic) bond motifs is 4. The van der Waals surface area contributed by atoms with Gasteiger partial charge in [-0.15, -0.1) is 0 Å². The summed E-state index contributed by atoms with van der Waals surface area (Å²) in [7, 11) is 0. The van der Waals surface area contributed by atoms with Crippen LogP contribution < -0.4 is 0 Å². The number of imidazole rings is 1. The molecule has 7 nitrogen and oxygen atoms in total. The average Bonchev–Trinajstić information content (AvgIpc) is 3.26. The molecule has 3 heterocycles. The summed E-state index contributed by atoms with van der Waals surface area (Å²) in [6.45, 7) is 1.90. The second-order valence-corrected chi connectivity index (χ2v) is 9.06. The number of nitrogens with one attached hydrogen (secondary N) is 1. The van der Waals surface area contributed by atoms with Crippen molar-refractivity contribution in [2.45, 2.75) is 56.5 Å². The van der Waals surface area contributed by atoms with Crippen molar-refractivity contribution in [3.63, 3.8) is 0 Å². The number of aromatic amines is 1. The summed E-state index contributed by atoms with van der Waals surface area (Å²) in [6, 6.07) is 8.00. The summed E-state index contributed by atoms with van der Waals surface area (Å²) < 4.78 is 0. The molecule has 0 aliphatic heterocycles. The van der Waals surface area contributed by atoms with Crippen molar-refractivity contribution in [1.82, 2.24) is 29.9 Å². The highest BCUT2D eigenvalue weighted by molar-refractivity contribution is 5.84. The van der Waals surface area contributed by atoms with Crippen LogP contribution in [0.2, 0.25) is 0 Å². The number of aryl methyl sites for hydroxylation is 1. The van der Waals surface area contributed by atoms with Crippen LogP contribution in [0.4, 0.5) is 0 Å². The van der Waals surface area contributed by atoms with Crippen LogP contribution in [0, 0.1) is 6.92 Å². The molecule has 0 spiro atoms. The number of aromatic nitrogens is 6. The van der Waals surface area contributed by atoms with E-state index in [0.717, 1.165) is 83.9 Å². The number of nitrogens with zero attached hydrogens (tertiary/aromatic N) is 5. The number of hydrogen-bond acceptors (Lipinski definition) is 6. The summed E-state index contributed by atoms with van der Waals surface area (Å²) in [6.07, 6.45) is 10.6. The normalized spacial score (nSPS) is 25.2. The van der Waals surface area contributed by atoms with E-state index >= 15 is 0 Å². The zero-order valence-electron chi connectivity index (χ0n) is 17.5. The molecule has 1 aromatic carbocycles. The molecule has 3 aliphatic carbocycles. The number of rotatable bonds is 3. The van der Waals surface area contributed by atoms with Gasteiger partial charge in [-0.2, -0.15) is 0 Å². The maximum atomic E-state index is 10.7. The Morgan fingerprint density at radius 2 is 1.58 bits per heavy atom. The van der Waals surface area contributed by atoms with Crippen molar-refractivity contribution in [3.8, 4) is 22.6 Å². The van der Waals surface area contributed by atoms with E-state index in [9.17, 15) is 5.11 Å². The van der Waals surface area contributed by atoms with Crippen LogP contribution in [0.25, 0.3) is 33.7 Å². The van der Waals surface area contributed by atoms with Crippen LogP contribution in [0.3, 0.4) is 0 Å². The number of benzene rings is 1. The van der Waals surface area contributed by atoms with Crippen molar-refractivity contribution < 1.29 is 5.11 Å². The highest BCUT2D eigenvalue weighted by atomic mass is 16.3. The van der Waals surface area contributed by atoms with E-state index < -0.39 is 5.60 Å². The Kier molecular flexibility index (Phi) is 3.99. The molecule has 2 bridgehead atoms. The Hall–Kier alpha value is -3.19. The zero-order valence-corrected chi connectivity index (χ0v) is 17.5. The van der Waals surface area contributed by atoms with Gasteiger partial charge in [-0.25, -0.2) is 15.0 Å². The molecule has 7 heteroatoms. The Balaban J connectivity index is 1.52. The first-order valence-electron chi connectivity index (χ1n) is 10.9. The van der Waals surface area contributed by atoms with Crippen LogP contribution in [-0.2, 0) is 5.41 Å². The lowest BCUT2D eigenvalue weighted by Gasteiger charge is -2.50. The average molecular weight is 412 g/mol. The van der Waals surface area contributed by atoms with Crippen molar-refractivity contribution in [2.24, 2.45) is 0 Å². The van der Waals surface area contributed by atoms with E-state index in [1.54, 1.807) is 18.6 Å². The van der Waals surface area contributed by atoms with Gasteiger partial charge in [-0.3, -0.25) is 9.97 Å². The lowest BCUT2D eigenvalue weighted by molar-refractivity contribution is -0.0678. The fraction of sp³-hybridized carbons (Fsp3) is 0.375. The number of H-pyrrole nitrogens is 1. The van der Waals surface area contributed by atoms with Crippen LogP contribution in [0.1, 0.15) is 50.2 Å². The molecule has 0 amide bonds. The fourth-order valence-corrected chi connectivity index (χ4v) is 5.25. The zero-order chi connectivity index (χ0) is 21.1. The second kappa shape index (κ2) is 6.65. The highest BCUT2D eigenvalue weighted by Gasteiger charge is 2.50. The van der Waals surface area contributed by atoms with Crippen molar-refractivity contribution in [1.29, 1.82) is 0 Å². The summed E-state index contributed by atoms with van der Waals surface area (Å²) >= 11 is 0. The summed E-state index contributed by atoms with van der Waals surface area (Å²) in [5.74, 6) is 1.73. The SMILES string of the molecule is Cc1nccc(-c2[nH]c(C34CCC(O)(CC3)CC4)nc2-c2ccc3nccnc3c2)n1. The molecule has 3 aliphatic rings. The Morgan fingerprint density at radius 3 is 2.32 bits per heavy atom. The molecule has 7 rings (SSSR count). The third-order valence-electron chi connectivity index (χ3n) is 7.19. The van der Waals surface area contributed by atoms with Gasteiger partial charge in [0.15, 0.2) is 0 Å². The predicted molar refractivity (Wildman–Crippen MR) is 117 cm³/mol. The minimum absolute atomic E-state index is 0.00376. The summed E-state index contributed by atoms with van der Waals surface area (Å²) in [5, 5.41) is 10.7. The van der Waals surface area contributed by atoms with E-state index in [2.05, 4.69) is 24.9 Å². The highest BCUT2D eigenvalue weighted by Crippen LogP contribution is 2.53. The van der Waals surface area contributed by atoms with Gasteiger partial charge in [0, 0.05) is 29.6 Å². The van der Waals surface area contributed by atoms with Gasteiger partial charge < -0.3 is 10.1 Å². The van der Waals surface area contributed by atoms with E-state index in [1.165, 1.54) is 0 Å². The number of aliphatic hydroxyl groups is 1. The van der Waals surface area contributed by atoms with Crippen LogP contribution in [0.5, 0.6) is 0 Å². The Labute approximate surface area is 180 Å². The minimum atomic E-state index is -0.471. The molecule has 0 radical (unpaired) electrons.